The summed E-state index contributed by atoms with van der Waals surface area (Å²) in [4.78, 5) is 14.6. The minimum absolute atomic E-state index is 0. The molecule has 0 fully saturated rings. The van der Waals surface area contributed by atoms with Crippen LogP contribution in [0, 0.1) is 10.1 Å². The average Bonchev–Trinajstić information content (AvgIpc) is 2.43. The van der Waals surface area contributed by atoms with Gasteiger partial charge in [-0.1, -0.05) is 0 Å². The number of aliphatic imine (C=N–C) groups is 1. The molecule has 0 radical (unpaired) electrons. The molecule has 0 saturated heterocycles. The van der Waals surface area contributed by atoms with Gasteiger partial charge in [-0.05, 0) is 32.9 Å². The third-order valence-corrected chi connectivity index (χ3v) is 2.56. The number of hydrogen-bond acceptors (Lipinski definition) is 4. The normalized spacial score (nSPS) is 10.8. The summed E-state index contributed by atoms with van der Waals surface area (Å²) in [6.07, 6.45) is 0. The van der Waals surface area contributed by atoms with Crippen LogP contribution in [-0.2, 0) is 0 Å². The van der Waals surface area contributed by atoms with Crippen molar-refractivity contribution in [2.45, 2.75) is 26.8 Å². The second-order valence-corrected chi connectivity index (χ2v) is 4.79. The van der Waals surface area contributed by atoms with E-state index in [9.17, 15) is 10.1 Å². The molecular weight excluding hydrogens is 397 g/mol. The lowest BCUT2D eigenvalue weighted by Crippen LogP contribution is -2.41. The second-order valence-electron chi connectivity index (χ2n) is 4.79. The first-order valence-electron chi connectivity index (χ1n) is 7.06. The maximum atomic E-state index is 10.6. The number of guanidine groups is 1. The maximum absolute atomic E-state index is 10.6. The van der Waals surface area contributed by atoms with Gasteiger partial charge in [-0.2, -0.15) is 0 Å². The molecule has 0 bridgehead atoms. The molecule has 0 atom stereocenters. The van der Waals surface area contributed by atoms with Crippen molar-refractivity contribution in [3.8, 4) is 0 Å². The molecule has 124 valence electrons. The highest BCUT2D eigenvalue weighted by Gasteiger charge is 2.03. The monoisotopic (exact) mass is 421 g/mol. The van der Waals surface area contributed by atoms with E-state index in [1.54, 1.807) is 12.1 Å². The Labute approximate surface area is 148 Å². The van der Waals surface area contributed by atoms with E-state index in [0.717, 1.165) is 18.2 Å². The number of nitro benzene ring substituents is 1. The number of anilines is 1. The van der Waals surface area contributed by atoms with Crippen LogP contribution < -0.4 is 16.0 Å². The number of benzene rings is 1. The minimum Gasteiger partial charge on any atom is -0.383 e. The predicted molar refractivity (Wildman–Crippen MR) is 101 cm³/mol. The molecule has 0 aromatic heterocycles. The number of rotatable bonds is 7. The number of nitrogens with one attached hydrogen (secondary N) is 3. The zero-order valence-corrected chi connectivity index (χ0v) is 15.5. The molecule has 1 aromatic rings. The van der Waals surface area contributed by atoms with Gasteiger partial charge in [0.25, 0.3) is 5.69 Å². The van der Waals surface area contributed by atoms with Gasteiger partial charge in [-0.3, -0.25) is 15.1 Å². The lowest BCUT2D eigenvalue weighted by atomic mass is 10.3. The lowest BCUT2D eigenvalue weighted by molar-refractivity contribution is -0.384. The summed E-state index contributed by atoms with van der Waals surface area (Å²) in [5.41, 5.74) is 0.937. The highest BCUT2D eigenvalue weighted by molar-refractivity contribution is 14.0. The fourth-order valence-electron chi connectivity index (χ4n) is 1.66. The Balaban J connectivity index is 0.00000441. The Morgan fingerprint density at radius 2 is 1.95 bits per heavy atom. The van der Waals surface area contributed by atoms with Crippen LogP contribution in [0.3, 0.4) is 0 Å². The fourth-order valence-corrected chi connectivity index (χ4v) is 1.66. The molecule has 7 nitrogen and oxygen atoms in total. The Morgan fingerprint density at radius 3 is 2.45 bits per heavy atom. The Hall–Kier alpha value is -1.58. The molecule has 0 aliphatic rings. The number of nitrogens with zero attached hydrogens (tertiary/aromatic N) is 2. The predicted octanol–water partition coefficient (Wildman–Crippen LogP) is 2.59. The molecule has 0 unspecified atom stereocenters. The fraction of sp³-hybridized carbons (Fsp3) is 0.500. The topological polar surface area (TPSA) is 91.6 Å². The molecular formula is C14H24IN5O2. The van der Waals surface area contributed by atoms with Gasteiger partial charge in [0, 0.05) is 37.0 Å². The number of non-ortho nitro benzene ring substituents is 1. The first kappa shape index (κ1) is 20.4. The Morgan fingerprint density at radius 1 is 1.32 bits per heavy atom. The summed E-state index contributed by atoms with van der Waals surface area (Å²) in [7, 11) is 0. The lowest BCUT2D eigenvalue weighted by Gasteiger charge is -2.14. The van der Waals surface area contributed by atoms with Crippen molar-refractivity contribution in [2.24, 2.45) is 4.99 Å². The summed E-state index contributed by atoms with van der Waals surface area (Å²) < 4.78 is 0. The quantitative estimate of drug-likeness (QED) is 0.157. The first-order valence-corrected chi connectivity index (χ1v) is 7.06. The third kappa shape index (κ3) is 8.01. The zero-order chi connectivity index (χ0) is 15.7. The van der Waals surface area contributed by atoms with Gasteiger partial charge in [0.05, 0.1) is 11.5 Å². The van der Waals surface area contributed by atoms with E-state index in [-0.39, 0.29) is 29.7 Å². The summed E-state index contributed by atoms with van der Waals surface area (Å²) in [5, 5.41) is 20.1. The van der Waals surface area contributed by atoms with E-state index in [1.807, 2.05) is 6.92 Å². The molecule has 22 heavy (non-hydrogen) atoms. The van der Waals surface area contributed by atoms with Crippen molar-refractivity contribution in [3.63, 3.8) is 0 Å². The van der Waals surface area contributed by atoms with Crippen LogP contribution in [-0.4, -0.2) is 36.6 Å². The van der Waals surface area contributed by atoms with Crippen LogP contribution in [0.5, 0.6) is 0 Å². The van der Waals surface area contributed by atoms with Gasteiger partial charge in [0.15, 0.2) is 5.96 Å². The van der Waals surface area contributed by atoms with Crippen molar-refractivity contribution in [1.29, 1.82) is 0 Å². The van der Waals surface area contributed by atoms with Crippen LogP contribution in [0.25, 0.3) is 0 Å². The standard InChI is InChI=1S/C14H23N5O2.HI/c1-4-15-14(18-11(2)3)17-10-9-16-12-5-7-13(8-6-12)19(20)21;/h5-8,11,16H,4,9-10H2,1-3H3,(H2,15,17,18);1H. The van der Waals surface area contributed by atoms with Crippen molar-refractivity contribution in [2.75, 3.05) is 25.0 Å². The summed E-state index contributed by atoms with van der Waals surface area (Å²) in [6, 6.07) is 6.68. The Kier molecular flexibility index (Phi) is 10.3. The largest absolute Gasteiger partial charge is 0.383 e. The number of halogens is 1. The highest BCUT2D eigenvalue weighted by atomic mass is 127. The van der Waals surface area contributed by atoms with E-state index in [1.165, 1.54) is 12.1 Å². The molecule has 0 amide bonds. The molecule has 1 aromatic carbocycles. The van der Waals surface area contributed by atoms with E-state index in [2.05, 4.69) is 34.8 Å². The maximum Gasteiger partial charge on any atom is 0.269 e. The summed E-state index contributed by atoms with van der Waals surface area (Å²) in [6.45, 7) is 8.22. The molecule has 0 aliphatic heterocycles. The number of nitro groups is 1. The van der Waals surface area contributed by atoms with Gasteiger partial charge in [0.2, 0.25) is 0 Å². The molecule has 1 rings (SSSR count). The molecule has 0 saturated carbocycles. The average molecular weight is 421 g/mol. The molecule has 0 spiro atoms. The van der Waals surface area contributed by atoms with E-state index >= 15 is 0 Å². The van der Waals surface area contributed by atoms with Gasteiger partial charge in [-0.25, -0.2) is 0 Å². The Bertz CT molecular complexity index is 477. The second kappa shape index (κ2) is 11.0. The SMILES string of the molecule is CCNC(=NCCNc1ccc([N+](=O)[O-])cc1)NC(C)C.I. The van der Waals surface area contributed by atoms with Crippen LogP contribution in [0.15, 0.2) is 29.3 Å². The van der Waals surface area contributed by atoms with Gasteiger partial charge in [0.1, 0.15) is 0 Å². The molecule has 3 N–H and O–H groups in total. The van der Waals surface area contributed by atoms with Gasteiger partial charge >= 0.3 is 0 Å². The van der Waals surface area contributed by atoms with Crippen molar-refractivity contribution >= 4 is 41.3 Å². The minimum atomic E-state index is -0.408. The van der Waals surface area contributed by atoms with Gasteiger partial charge in [-0.15, -0.1) is 24.0 Å². The van der Waals surface area contributed by atoms with Crippen LogP contribution in [0.4, 0.5) is 11.4 Å². The molecule has 8 heteroatoms. The van der Waals surface area contributed by atoms with Crippen molar-refractivity contribution in [1.82, 2.24) is 10.6 Å². The van der Waals surface area contributed by atoms with Gasteiger partial charge < -0.3 is 16.0 Å². The van der Waals surface area contributed by atoms with Crippen LogP contribution in [0.1, 0.15) is 20.8 Å². The summed E-state index contributed by atoms with van der Waals surface area (Å²) >= 11 is 0. The van der Waals surface area contributed by atoms with Crippen molar-refractivity contribution in [3.05, 3.63) is 34.4 Å². The summed E-state index contributed by atoms with van der Waals surface area (Å²) in [5.74, 6) is 0.790. The van der Waals surface area contributed by atoms with Crippen molar-refractivity contribution < 1.29 is 4.92 Å². The van der Waals surface area contributed by atoms with Crippen LogP contribution in [0.2, 0.25) is 0 Å². The highest BCUT2D eigenvalue weighted by Crippen LogP contribution is 2.14. The number of hydrogen-bond donors (Lipinski definition) is 3. The zero-order valence-electron chi connectivity index (χ0n) is 13.1. The smallest absolute Gasteiger partial charge is 0.269 e. The first-order chi connectivity index (χ1) is 10.0. The van der Waals surface area contributed by atoms with E-state index in [0.29, 0.717) is 19.1 Å². The van der Waals surface area contributed by atoms with E-state index in [4.69, 9.17) is 0 Å². The molecule has 0 heterocycles. The van der Waals surface area contributed by atoms with E-state index < -0.39 is 4.92 Å². The van der Waals surface area contributed by atoms with Crippen LogP contribution >= 0.6 is 24.0 Å². The molecule has 0 aliphatic carbocycles. The third-order valence-electron chi connectivity index (χ3n) is 2.56.